The summed E-state index contributed by atoms with van der Waals surface area (Å²) in [6.07, 6.45) is 1.06. The Morgan fingerprint density at radius 2 is 1.88 bits per heavy atom. The van der Waals surface area contributed by atoms with E-state index in [4.69, 9.17) is 9.72 Å². The van der Waals surface area contributed by atoms with Crippen LogP contribution in [0, 0.1) is 12.8 Å². The number of rotatable bonds is 6. The van der Waals surface area contributed by atoms with Gasteiger partial charge in [0.15, 0.2) is 11.9 Å². The number of nitrogens with zero attached hydrogens (tertiary/aromatic N) is 2. The number of ether oxygens (including phenoxy) is 1. The molecule has 2 aromatic carbocycles. The van der Waals surface area contributed by atoms with Crippen LogP contribution in [0.25, 0.3) is 11.0 Å². The topological polar surface area (TPSA) is 27.1 Å². The Bertz CT molecular complexity index is 822. The highest BCUT2D eigenvalue weighted by Gasteiger charge is 2.19. The van der Waals surface area contributed by atoms with Gasteiger partial charge >= 0.3 is 0 Å². The standard InChI is InChI=1S/C21H26N2O/c1-5-15(2)14-23-20-12-7-6-11-19(20)22-21(23)17(4)24-18-10-8-9-16(3)13-18/h6-13,15,17H,5,14H2,1-4H3. The van der Waals surface area contributed by atoms with Gasteiger partial charge in [-0.3, -0.25) is 0 Å². The molecule has 3 rings (SSSR count). The summed E-state index contributed by atoms with van der Waals surface area (Å²) in [5, 5.41) is 0. The second-order valence-corrected chi connectivity index (χ2v) is 6.66. The molecule has 0 bridgehead atoms. The molecular weight excluding hydrogens is 296 g/mol. The second kappa shape index (κ2) is 7.08. The maximum absolute atomic E-state index is 6.18. The van der Waals surface area contributed by atoms with Crippen LogP contribution in [0.5, 0.6) is 5.75 Å². The molecular formula is C21H26N2O. The van der Waals surface area contributed by atoms with E-state index in [9.17, 15) is 0 Å². The fourth-order valence-electron chi connectivity index (χ4n) is 2.98. The highest BCUT2D eigenvalue weighted by Crippen LogP contribution is 2.26. The van der Waals surface area contributed by atoms with Gasteiger partial charge in [-0.05, 0) is 49.6 Å². The average Bonchev–Trinajstić information content (AvgIpc) is 2.93. The number of aromatic nitrogens is 2. The average molecular weight is 322 g/mol. The summed E-state index contributed by atoms with van der Waals surface area (Å²) in [5.41, 5.74) is 3.43. The molecule has 24 heavy (non-hydrogen) atoms. The lowest BCUT2D eigenvalue weighted by Crippen LogP contribution is -2.15. The summed E-state index contributed by atoms with van der Waals surface area (Å²) < 4.78 is 8.51. The SMILES string of the molecule is CCC(C)Cn1c(C(C)Oc2cccc(C)c2)nc2ccccc21. The molecule has 126 valence electrons. The van der Waals surface area contributed by atoms with Crippen molar-refractivity contribution in [2.75, 3.05) is 0 Å². The number of imidazole rings is 1. The quantitative estimate of drug-likeness (QED) is 0.596. The molecule has 3 aromatic rings. The van der Waals surface area contributed by atoms with Crippen LogP contribution in [0.15, 0.2) is 48.5 Å². The lowest BCUT2D eigenvalue weighted by Gasteiger charge is -2.19. The van der Waals surface area contributed by atoms with Crippen molar-refractivity contribution in [2.24, 2.45) is 5.92 Å². The van der Waals surface area contributed by atoms with Gasteiger partial charge in [-0.2, -0.15) is 0 Å². The maximum atomic E-state index is 6.18. The van der Waals surface area contributed by atoms with Crippen molar-refractivity contribution < 1.29 is 4.74 Å². The van der Waals surface area contributed by atoms with Crippen molar-refractivity contribution in [1.82, 2.24) is 9.55 Å². The Morgan fingerprint density at radius 3 is 2.62 bits per heavy atom. The fraction of sp³-hybridized carbons (Fsp3) is 0.381. The highest BCUT2D eigenvalue weighted by atomic mass is 16.5. The predicted molar refractivity (Wildman–Crippen MR) is 99.4 cm³/mol. The van der Waals surface area contributed by atoms with Crippen LogP contribution >= 0.6 is 0 Å². The van der Waals surface area contributed by atoms with Crippen molar-refractivity contribution in [3.05, 3.63) is 59.9 Å². The summed E-state index contributed by atoms with van der Waals surface area (Å²) in [4.78, 5) is 4.86. The van der Waals surface area contributed by atoms with Crippen LogP contribution in [0.2, 0.25) is 0 Å². The van der Waals surface area contributed by atoms with Crippen molar-refractivity contribution in [2.45, 2.75) is 46.8 Å². The molecule has 0 aliphatic carbocycles. The van der Waals surface area contributed by atoms with Gasteiger partial charge in [0, 0.05) is 6.54 Å². The Kier molecular flexibility index (Phi) is 4.89. The van der Waals surface area contributed by atoms with Crippen molar-refractivity contribution >= 4 is 11.0 Å². The molecule has 0 saturated carbocycles. The first-order valence-corrected chi connectivity index (χ1v) is 8.77. The Balaban J connectivity index is 1.96. The van der Waals surface area contributed by atoms with E-state index < -0.39 is 0 Å². The summed E-state index contributed by atoms with van der Waals surface area (Å²) in [6, 6.07) is 16.5. The second-order valence-electron chi connectivity index (χ2n) is 6.66. The number of fused-ring (bicyclic) bond motifs is 1. The van der Waals surface area contributed by atoms with Gasteiger partial charge in [0.2, 0.25) is 0 Å². The first-order valence-electron chi connectivity index (χ1n) is 8.77. The third-order valence-corrected chi connectivity index (χ3v) is 4.54. The third kappa shape index (κ3) is 3.45. The molecule has 0 radical (unpaired) electrons. The molecule has 1 heterocycles. The molecule has 3 heteroatoms. The van der Waals surface area contributed by atoms with E-state index in [1.165, 1.54) is 11.1 Å². The van der Waals surface area contributed by atoms with Crippen LogP contribution in [0.4, 0.5) is 0 Å². The van der Waals surface area contributed by atoms with Crippen molar-refractivity contribution in [3.63, 3.8) is 0 Å². The molecule has 0 saturated heterocycles. The summed E-state index contributed by atoms with van der Waals surface area (Å²) in [6.45, 7) is 9.64. The smallest absolute Gasteiger partial charge is 0.153 e. The Morgan fingerprint density at radius 1 is 1.08 bits per heavy atom. The molecule has 0 fully saturated rings. The molecule has 0 N–H and O–H groups in total. The van der Waals surface area contributed by atoms with Crippen molar-refractivity contribution in [3.8, 4) is 5.75 Å². The van der Waals surface area contributed by atoms with Gasteiger partial charge in [-0.1, -0.05) is 44.5 Å². The maximum Gasteiger partial charge on any atom is 0.153 e. The van der Waals surface area contributed by atoms with Crippen LogP contribution in [0.3, 0.4) is 0 Å². The molecule has 0 aliphatic rings. The first kappa shape index (κ1) is 16.6. The number of hydrogen-bond donors (Lipinski definition) is 0. The molecule has 2 unspecified atom stereocenters. The molecule has 0 aliphatic heterocycles. The van der Waals surface area contributed by atoms with Gasteiger partial charge < -0.3 is 9.30 Å². The van der Waals surface area contributed by atoms with E-state index in [0.29, 0.717) is 5.92 Å². The van der Waals surface area contributed by atoms with Gasteiger partial charge in [0.1, 0.15) is 5.75 Å². The van der Waals surface area contributed by atoms with E-state index >= 15 is 0 Å². The highest BCUT2D eigenvalue weighted by molar-refractivity contribution is 5.76. The molecule has 0 spiro atoms. The zero-order valence-corrected chi connectivity index (χ0v) is 15.0. The van der Waals surface area contributed by atoms with E-state index in [2.05, 4.69) is 62.6 Å². The normalized spacial score (nSPS) is 13.8. The lowest BCUT2D eigenvalue weighted by molar-refractivity contribution is 0.209. The fourth-order valence-corrected chi connectivity index (χ4v) is 2.98. The van der Waals surface area contributed by atoms with Crippen molar-refractivity contribution in [1.29, 1.82) is 0 Å². The van der Waals surface area contributed by atoms with Gasteiger partial charge in [-0.25, -0.2) is 4.98 Å². The zero-order chi connectivity index (χ0) is 17.1. The summed E-state index contributed by atoms with van der Waals surface area (Å²) in [5.74, 6) is 2.50. The Hall–Kier alpha value is -2.29. The zero-order valence-electron chi connectivity index (χ0n) is 15.0. The van der Waals surface area contributed by atoms with Crippen LogP contribution < -0.4 is 4.74 Å². The van der Waals surface area contributed by atoms with E-state index in [1.807, 2.05) is 18.2 Å². The first-order chi connectivity index (χ1) is 11.6. The monoisotopic (exact) mass is 322 g/mol. The predicted octanol–water partition coefficient (Wildman–Crippen LogP) is 5.53. The molecule has 3 nitrogen and oxygen atoms in total. The molecule has 2 atom stereocenters. The lowest BCUT2D eigenvalue weighted by atomic mass is 10.1. The third-order valence-electron chi connectivity index (χ3n) is 4.54. The number of para-hydroxylation sites is 2. The van der Waals surface area contributed by atoms with Crippen LogP contribution in [0.1, 0.15) is 44.7 Å². The number of benzene rings is 2. The molecule has 0 amide bonds. The summed E-state index contributed by atoms with van der Waals surface area (Å²) >= 11 is 0. The van der Waals surface area contributed by atoms with Gasteiger partial charge in [0.05, 0.1) is 11.0 Å². The van der Waals surface area contributed by atoms with Gasteiger partial charge in [-0.15, -0.1) is 0 Å². The van der Waals surface area contributed by atoms with Gasteiger partial charge in [0.25, 0.3) is 0 Å². The Labute approximate surface area is 144 Å². The largest absolute Gasteiger partial charge is 0.483 e. The van der Waals surface area contributed by atoms with Crippen LogP contribution in [-0.4, -0.2) is 9.55 Å². The minimum absolute atomic E-state index is 0.0942. The van der Waals surface area contributed by atoms with E-state index in [-0.39, 0.29) is 6.10 Å². The summed E-state index contributed by atoms with van der Waals surface area (Å²) in [7, 11) is 0. The van der Waals surface area contributed by atoms with Crippen LogP contribution in [-0.2, 0) is 6.54 Å². The van der Waals surface area contributed by atoms with E-state index in [0.717, 1.165) is 30.1 Å². The molecule has 1 aromatic heterocycles. The minimum Gasteiger partial charge on any atom is -0.483 e. The number of hydrogen-bond acceptors (Lipinski definition) is 2. The van der Waals surface area contributed by atoms with E-state index in [1.54, 1.807) is 0 Å². The minimum atomic E-state index is -0.0942. The number of aryl methyl sites for hydroxylation is 1.